The summed E-state index contributed by atoms with van der Waals surface area (Å²) in [6.07, 6.45) is 3.92. The van der Waals surface area contributed by atoms with Crippen molar-refractivity contribution in [2.45, 2.75) is 18.2 Å². The summed E-state index contributed by atoms with van der Waals surface area (Å²) >= 11 is 6.50. The van der Waals surface area contributed by atoms with E-state index in [1.807, 2.05) is 0 Å². The average Bonchev–Trinajstić information content (AvgIpc) is 2.91. The Bertz CT molecular complexity index is 1590. The number of methoxy groups -OCH3 is 1. The van der Waals surface area contributed by atoms with E-state index in [0.717, 1.165) is 18.3 Å². The molecule has 0 fully saturated rings. The van der Waals surface area contributed by atoms with E-state index >= 15 is 0 Å². The third-order valence-electron chi connectivity index (χ3n) is 5.34. The maximum absolute atomic E-state index is 13.8. The number of nitrogens with zero attached hydrogens (tertiary/aromatic N) is 4. The maximum atomic E-state index is 13.8. The Morgan fingerprint density at radius 1 is 1.05 bits per heavy atom. The van der Waals surface area contributed by atoms with Gasteiger partial charge in [-0.05, 0) is 48.0 Å². The minimum Gasteiger partial charge on any atom is -0.495 e. The van der Waals surface area contributed by atoms with Gasteiger partial charge in [0.05, 0.1) is 17.8 Å². The van der Waals surface area contributed by atoms with Gasteiger partial charge in [-0.1, -0.05) is 24.6 Å². The van der Waals surface area contributed by atoms with Crippen LogP contribution >= 0.6 is 11.6 Å². The second-order valence-corrected chi connectivity index (χ2v) is 9.84. The lowest BCUT2D eigenvalue weighted by molar-refractivity contribution is -0.117. The van der Waals surface area contributed by atoms with Gasteiger partial charge in [0.1, 0.15) is 16.5 Å². The van der Waals surface area contributed by atoms with Crippen LogP contribution < -0.4 is 14.4 Å². The zero-order chi connectivity index (χ0) is 27.4. The molecule has 4 aromatic rings. The molecule has 0 aliphatic rings. The highest BCUT2D eigenvalue weighted by molar-refractivity contribution is 7.92. The summed E-state index contributed by atoms with van der Waals surface area (Å²) in [5.74, 6) is -2.26. The van der Waals surface area contributed by atoms with E-state index in [-0.39, 0.29) is 45.4 Å². The van der Waals surface area contributed by atoms with Crippen molar-refractivity contribution in [1.82, 2.24) is 15.0 Å². The molecule has 0 radical (unpaired) electrons. The largest absolute Gasteiger partial charge is 0.495 e. The SMILES string of the molecule is CCC(=O)N(c1ccc(S(=O)(=O)Nc2ncccn2)cn1)c1cc(Cl)c(-c2ccc(F)c(F)c2)cc1OC. The summed E-state index contributed by atoms with van der Waals surface area (Å²) in [5, 5.41) is 0.131. The van der Waals surface area contributed by atoms with E-state index in [4.69, 9.17) is 16.3 Å². The van der Waals surface area contributed by atoms with Crippen LogP contribution in [0.2, 0.25) is 5.02 Å². The molecule has 2 aromatic heterocycles. The number of benzene rings is 2. The lowest BCUT2D eigenvalue weighted by Crippen LogP contribution is -2.26. The fraction of sp³-hybridized carbons (Fsp3) is 0.120. The van der Waals surface area contributed by atoms with Crippen molar-refractivity contribution in [2.24, 2.45) is 0 Å². The summed E-state index contributed by atoms with van der Waals surface area (Å²) in [4.78, 5) is 25.9. The van der Waals surface area contributed by atoms with Crippen molar-refractivity contribution in [3.8, 4) is 16.9 Å². The first-order valence-electron chi connectivity index (χ1n) is 11.1. The van der Waals surface area contributed by atoms with Gasteiger partial charge < -0.3 is 4.74 Å². The molecule has 0 unspecified atom stereocenters. The van der Waals surface area contributed by atoms with Crippen molar-refractivity contribution in [1.29, 1.82) is 0 Å². The van der Waals surface area contributed by atoms with Gasteiger partial charge in [-0.3, -0.25) is 9.69 Å². The number of amides is 1. The third-order valence-corrected chi connectivity index (χ3v) is 6.97. The van der Waals surface area contributed by atoms with Crippen LogP contribution in [0, 0.1) is 11.6 Å². The summed E-state index contributed by atoms with van der Waals surface area (Å²) in [7, 11) is -2.68. The van der Waals surface area contributed by atoms with Gasteiger partial charge in [0.25, 0.3) is 10.0 Å². The molecular weight excluding hydrogens is 540 g/mol. The number of hydrogen-bond acceptors (Lipinski definition) is 7. The summed E-state index contributed by atoms with van der Waals surface area (Å²) < 4.78 is 60.4. The van der Waals surface area contributed by atoms with Crippen LogP contribution in [0.5, 0.6) is 5.75 Å². The zero-order valence-corrected chi connectivity index (χ0v) is 21.6. The Balaban J connectivity index is 1.74. The number of nitrogens with one attached hydrogen (secondary N) is 1. The molecule has 1 amide bonds. The van der Waals surface area contributed by atoms with E-state index in [9.17, 15) is 22.0 Å². The number of sulfonamides is 1. The Morgan fingerprint density at radius 2 is 1.79 bits per heavy atom. The second-order valence-electron chi connectivity index (χ2n) is 7.75. The normalized spacial score (nSPS) is 11.2. The highest BCUT2D eigenvalue weighted by atomic mass is 35.5. The molecule has 0 aliphatic heterocycles. The molecule has 0 aliphatic carbocycles. The minimum absolute atomic E-state index is 0.0698. The number of anilines is 3. The van der Waals surface area contributed by atoms with Crippen LogP contribution in [0.4, 0.5) is 26.2 Å². The number of pyridine rings is 1. The number of aromatic nitrogens is 3. The Labute approximate surface area is 222 Å². The Kier molecular flexibility index (Phi) is 7.83. The van der Waals surface area contributed by atoms with Gasteiger partial charge in [0, 0.05) is 30.6 Å². The van der Waals surface area contributed by atoms with Crippen molar-refractivity contribution < 1.29 is 26.7 Å². The van der Waals surface area contributed by atoms with Crippen molar-refractivity contribution >= 4 is 45.0 Å². The lowest BCUT2D eigenvalue weighted by Gasteiger charge is -2.24. The molecule has 0 saturated carbocycles. The van der Waals surface area contributed by atoms with Gasteiger partial charge in [-0.15, -0.1) is 0 Å². The molecule has 38 heavy (non-hydrogen) atoms. The van der Waals surface area contributed by atoms with E-state index < -0.39 is 21.7 Å². The number of ether oxygens (including phenoxy) is 1. The first-order valence-corrected chi connectivity index (χ1v) is 12.9. The van der Waals surface area contributed by atoms with Gasteiger partial charge in [0.2, 0.25) is 11.9 Å². The predicted molar refractivity (Wildman–Crippen MR) is 138 cm³/mol. The third kappa shape index (κ3) is 5.55. The number of halogens is 3. The van der Waals surface area contributed by atoms with E-state index in [1.165, 1.54) is 54.7 Å². The van der Waals surface area contributed by atoms with Crippen LogP contribution in [0.1, 0.15) is 13.3 Å². The average molecular weight is 560 g/mol. The molecule has 2 aromatic carbocycles. The van der Waals surface area contributed by atoms with E-state index in [1.54, 1.807) is 13.0 Å². The number of carbonyl (C=O) groups excluding carboxylic acids is 1. The molecule has 9 nitrogen and oxygen atoms in total. The molecule has 2 heterocycles. The van der Waals surface area contributed by atoms with Gasteiger partial charge >= 0.3 is 0 Å². The van der Waals surface area contributed by atoms with Gasteiger partial charge in [-0.2, -0.15) is 0 Å². The van der Waals surface area contributed by atoms with Crippen LogP contribution in [0.15, 0.2) is 72.0 Å². The molecule has 0 atom stereocenters. The first-order chi connectivity index (χ1) is 18.1. The van der Waals surface area contributed by atoms with Gasteiger partial charge in [0.15, 0.2) is 11.6 Å². The number of hydrogen-bond donors (Lipinski definition) is 1. The molecule has 13 heteroatoms. The highest BCUT2D eigenvalue weighted by Crippen LogP contribution is 2.41. The van der Waals surface area contributed by atoms with Crippen molar-refractivity contribution in [3.63, 3.8) is 0 Å². The summed E-state index contributed by atoms with van der Waals surface area (Å²) in [5.41, 5.74) is 0.864. The predicted octanol–water partition coefficient (Wildman–Crippen LogP) is 5.35. The fourth-order valence-corrected chi connectivity index (χ4v) is 4.67. The summed E-state index contributed by atoms with van der Waals surface area (Å²) in [6.45, 7) is 1.64. The van der Waals surface area contributed by atoms with Crippen LogP contribution in [-0.2, 0) is 14.8 Å². The number of carbonyl (C=O) groups is 1. The number of rotatable bonds is 8. The maximum Gasteiger partial charge on any atom is 0.265 e. The first kappa shape index (κ1) is 26.9. The second kappa shape index (κ2) is 11.1. The molecule has 0 bridgehead atoms. The Hall–Kier alpha value is -4.16. The molecule has 0 spiro atoms. The van der Waals surface area contributed by atoms with Gasteiger partial charge in [-0.25, -0.2) is 36.9 Å². The minimum atomic E-state index is -4.05. The topological polar surface area (TPSA) is 114 Å². The molecule has 4 rings (SSSR count). The fourth-order valence-electron chi connectivity index (χ4n) is 3.50. The Morgan fingerprint density at radius 3 is 2.39 bits per heavy atom. The van der Waals surface area contributed by atoms with Crippen molar-refractivity contribution in [2.75, 3.05) is 16.7 Å². The quantitative estimate of drug-likeness (QED) is 0.309. The molecular formula is C25H20ClF2N5O4S. The smallest absolute Gasteiger partial charge is 0.265 e. The van der Waals surface area contributed by atoms with E-state index in [2.05, 4.69) is 19.7 Å². The monoisotopic (exact) mass is 559 g/mol. The molecule has 1 N–H and O–H groups in total. The highest BCUT2D eigenvalue weighted by Gasteiger charge is 2.25. The van der Waals surface area contributed by atoms with Crippen LogP contribution in [0.25, 0.3) is 11.1 Å². The summed E-state index contributed by atoms with van der Waals surface area (Å²) in [6, 6.07) is 10.4. The van der Waals surface area contributed by atoms with Crippen LogP contribution in [-0.4, -0.2) is 36.4 Å². The zero-order valence-electron chi connectivity index (χ0n) is 20.0. The van der Waals surface area contributed by atoms with E-state index in [0.29, 0.717) is 11.1 Å². The lowest BCUT2D eigenvalue weighted by atomic mass is 10.0. The van der Waals surface area contributed by atoms with Crippen molar-refractivity contribution in [3.05, 3.63) is 83.8 Å². The standard InChI is InChI=1S/C25H20ClF2N5O4S/c1-3-24(34)33(23-8-6-16(14-31-23)38(35,36)32-25-29-9-4-10-30-25)21-13-18(26)17(12-22(21)37-2)15-5-7-19(27)20(28)11-15/h4-14H,3H2,1-2H3,(H,29,30,32). The molecule has 196 valence electrons. The van der Waals surface area contributed by atoms with Crippen LogP contribution in [0.3, 0.4) is 0 Å². The molecule has 0 saturated heterocycles.